The molecule has 29 heavy (non-hydrogen) atoms. The Balaban J connectivity index is 0.00000379. The molecule has 0 saturated heterocycles. The maximum absolute atomic E-state index is 13.1. The van der Waals surface area contributed by atoms with Crippen LogP contribution < -0.4 is 9.47 Å². The summed E-state index contributed by atoms with van der Waals surface area (Å²) in [6.45, 7) is 20.5. The van der Waals surface area contributed by atoms with E-state index >= 15 is 0 Å². The molecule has 0 amide bonds. The second-order valence-corrected chi connectivity index (χ2v) is 5.94. The molecular weight excluding hydrogens is 363 g/mol. The molecular formula is C26H35FO2. The highest BCUT2D eigenvalue weighted by atomic mass is 19.1. The predicted molar refractivity (Wildman–Crippen MR) is 124 cm³/mol. The summed E-state index contributed by atoms with van der Waals surface area (Å²) in [5.41, 5.74) is 2.37. The number of hydrogen-bond acceptors (Lipinski definition) is 2. The second-order valence-electron chi connectivity index (χ2n) is 5.94. The summed E-state index contributed by atoms with van der Waals surface area (Å²) in [5.74, 6) is 1.03. The number of rotatable bonds is 11. The molecule has 0 bridgehead atoms. The average Bonchev–Trinajstić information content (AvgIpc) is 2.74. The molecule has 0 aliphatic rings. The monoisotopic (exact) mass is 398 g/mol. The first-order valence-electron chi connectivity index (χ1n) is 9.93. The molecule has 0 aromatic heterocycles. The van der Waals surface area contributed by atoms with E-state index in [4.69, 9.17) is 9.47 Å². The summed E-state index contributed by atoms with van der Waals surface area (Å²) in [4.78, 5) is 0. The highest BCUT2D eigenvalue weighted by Crippen LogP contribution is 2.32. The molecule has 2 unspecified atom stereocenters. The highest BCUT2D eigenvalue weighted by Gasteiger charge is 2.16. The minimum atomic E-state index is -0.572. The Kier molecular flexibility index (Phi) is 13.7. The van der Waals surface area contributed by atoms with Gasteiger partial charge in [0.1, 0.15) is 18.9 Å². The van der Waals surface area contributed by atoms with Crippen molar-refractivity contribution in [1.29, 1.82) is 0 Å². The van der Waals surface area contributed by atoms with E-state index in [0.717, 1.165) is 11.1 Å². The molecule has 1 rings (SSSR count). The molecule has 0 N–H and O–H groups in total. The van der Waals surface area contributed by atoms with Crippen molar-refractivity contribution in [3.05, 3.63) is 97.2 Å². The number of ether oxygens (including phenoxy) is 2. The van der Waals surface area contributed by atoms with Gasteiger partial charge in [-0.05, 0) is 49.6 Å². The van der Waals surface area contributed by atoms with E-state index in [9.17, 15) is 4.39 Å². The van der Waals surface area contributed by atoms with Crippen LogP contribution in [0.25, 0.3) is 0 Å². The minimum Gasteiger partial charge on any atom is -0.482 e. The Labute approximate surface area is 176 Å². The Bertz CT molecular complexity index is 741. The molecule has 0 fully saturated rings. The molecule has 0 aliphatic carbocycles. The van der Waals surface area contributed by atoms with E-state index in [-0.39, 0.29) is 12.2 Å². The van der Waals surface area contributed by atoms with Crippen LogP contribution in [-0.2, 0) is 6.67 Å². The first-order chi connectivity index (χ1) is 14.0. The van der Waals surface area contributed by atoms with Gasteiger partial charge in [0.15, 0.2) is 11.5 Å². The van der Waals surface area contributed by atoms with Gasteiger partial charge in [0.05, 0.1) is 0 Å². The average molecular weight is 399 g/mol. The highest BCUT2D eigenvalue weighted by molar-refractivity contribution is 5.44. The van der Waals surface area contributed by atoms with E-state index in [1.54, 1.807) is 36.4 Å². The molecule has 158 valence electrons. The molecule has 2 nitrogen and oxygen atoms in total. The zero-order valence-corrected chi connectivity index (χ0v) is 18.5. The fraction of sp³-hybridized carbons (Fsp3) is 0.308. The van der Waals surface area contributed by atoms with Gasteiger partial charge in [-0.15, -0.1) is 0 Å². The largest absolute Gasteiger partial charge is 0.482 e. The van der Waals surface area contributed by atoms with Crippen molar-refractivity contribution >= 4 is 0 Å². The number of hydrogen-bond donors (Lipinski definition) is 0. The predicted octanol–water partition coefficient (Wildman–Crippen LogP) is 7.70. The maximum Gasteiger partial charge on any atom is 0.162 e. The normalized spacial score (nSPS) is 13.7. The topological polar surface area (TPSA) is 18.5 Å². The Morgan fingerprint density at radius 1 is 0.966 bits per heavy atom. The van der Waals surface area contributed by atoms with E-state index in [2.05, 4.69) is 19.7 Å². The third kappa shape index (κ3) is 8.82. The lowest BCUT2D eigenvalue weighted by Crippen LogP contribution is -2.17. The van der Waals surface area contributed by atoms with Crippen molar-refractivity contribution in [2.45, 2.75) is 53.5 Å². The second kappa shape index (κ2) is 15.2. The molecule has 1 aromatic carbocycles. The lowest BCUT2D eigenvalue weighted by molar-refractivity contribution is 0.215. The van der Waals surface area contributed by atoms with Crippen LogP contribution in [0.3, 0.4) is 0 Å². The van der Waals surface area contributed by atoms with E-state index < -0.39 is 6.67 Å². The van der Waals surface area contributed by atoms with Crippen molar-refractivity contribution in [3.8, 4) is 11.5 Å². The van der Waals surface area contributed by atoms with Crippen molar-refractivity contribution in [1.82, 2.24) is 0 Å². The van der Waals surface area contributed by atoms with E-state index in [1.165, 1.54) is 0 Å². The number of benzene rings is 1. The molecule has 2 atom stereocenters. The lowest BCUT2D eigenvalue weighted by Gasteiger charge is -2.22. The van der Waals surface area contributed by atoms with Crippen molar-refractivity contribution < 1.29 is 13.9 Å². The van der Waals surface area contributed by atoms with Crippen molar-refractivity contribution in [2.75, 3.05) is 0 Å². The molecule has 0 radical (unpaired) electrons. The zero-order chi connectivity index (χ0) is 22.2. The van der Waals surface area contributed by atoms with Crippen LogP contribution in [0, 0.1) is 0 Å². The van der Waals surface area contributed by atoms with E-state index in [1.807, 2.05) is 58.9 Å². The standard InChI is InChI=1S/C24H29FO2.C2H6/c1-7-11-21(10-4)18(5)27-24-16-20(17-25)14-15-23(24)26-19(6)22(12-8-2)13-9-3;1-2/h7-16,18-19H,1-2,4,17H2,3,5-6H3;1-2H3/b13-9-,21-11+,22-12+;. The molecule has 0 heterocycles. The summed E-state index contributed by atoms with van der Waals surface area (Å²) in [7, 11) is 0. The molecule has 3 heteroatoms. The maximum atomic E-state index is 13.1. The summed E-state index contributed by atoms with van der Waals surface area (Å²) >= 11 is 0. The third-order valence-electron chi connectivity index (χ3n) is 3.92. The fourth-order valence-corrected chi connectivity index (χ4v) is 2.50. The fourth-order valence-electron chi connectivity index (χ4n) is 2.50. The zero-order valence-electron chi connectivity index (χ0n) is 18.5. The van der Waals surface area contributed by atoms with Gasteiger partial charge in [-0.3, -0.25) is 0 Å². The number of allylic oxidation sites excluding steroid dienone is 5. The molecule has 0 spiro atoms. The lowest BCUT2D eigenvalue weighted by atomic mass is 10.1. The van der Waals surface area contributed by atoms with Crippen LogP contribution in [0.1, 0.15) is 40.2 Å². The summed E-state index contributed by atoms with van der Waals surface area (Å²) in [6, 6.07) is 5.10. The minimum absolute atomic E-state index is 0.226. The van der Waals surface area contributed by atoms with Crippen LogP contribution >= 0.6 is 0 Å². The van der Waals surface area contributed by atoms with Gasteiger partial charge in [0, 0.05) is 0 Å². The van der Waals surface area contributed by atoms with Crippen LogP contribution in [0.5, 0.6) is 11.5 Å². The van der Waals surface area contributed by atoms with Crippen LogP contribution in [-0.4, -0.2) is 12.2 Å². The van der Waals surface area contributed by atoms with E-state index in [0.29, 0.717) is 17.1 Å². The summed E-state index contributed by atoms with van der Waals surface area (Å²) in [6.07, 6.45) is 12.2. The number of halogens is 1. The molecule has 0 aliphatic heterocycles. The van der Waals surface area contributed by atoms with Gasteiger partial charge in [0.2, 0.25) is 0 Å². The Hall–Kier alpha value is -2.81. The Morgan fingerprint density at radius 2 is 1.52 bits per heavy atom. The first-order valence-corrected chi connectivity index (χ1v) is 9.93. The van der Waals surface area contributed by atoms with Gasteiger partial charge >= 0.3 is 0 Å². The first kappa shape index (κ1) is 26.2. The van der Waals surface area contributed by atoms with Gasteiger partial charge < -0.3 is 9.47 Å². The van der Waals surface area contributed by atoms with Crippen LogP contribution in [0.2, 0.25) is 0 Å². The molecule has 1 aromatic rings. The Morgan fingerprint density at radius 3 is 2.03 bits per heavy atom. The van der Waals surface area contributed by atoms with Crippen LogP contribution in [0.15, 0.2) is 91.6 Å². The van der Waals surface area contributed by atoms with Gasteiger partial charge in [-0.2, -0.15) is 0 Å². The van der Waals surface area contributed by atoms with Gasteiger partial charge in [-0.1, -0.05) is 82.2 Å². The van der Waals surface area contributed by atoms with Gasteiger partial charge in [0.25, 0.3) is 0 Å². The van der Waals surface area contributed by atoms with Crippen molar-refractivity contribution in [3.63, 3.8) is 0 Å². The van der Waals surface area contributed by atoms with Crippen molar-refractivity contribution in [2.24, 2.45) is 0 Å². The van der Waals surface area contributed by atoms with Crippen LogP contribution in [0.4, 0.5) is 4.39 Å². The number of alkyl halides is 1. The van der Waals surface area contributed by atoms with Gasteiger partial charge in [-0.25, -0.2) is 4.39 Å². The molecule has 0 saturated carbocycles. The summed E-state index contributed by atoms with van der Waals surface area (Å²) in [5, 5.41) is 0. The quantitative estimate of drug-likeness (QED) is 0.355. The SMILES string of the molecule is C=C/C=C(\C=C)C(C)Oc1cc(CF)ccc1OC(C)C(/C=C\C)=C/C=C.CC. The smallest absolute Gasteiger partial charge is 0.162 e. The summed E-state index contributed by atoms with van der Waals surface area (Å²) < 4.78 is 25.3. The third-order valence-corrected chi connectivity index (χ3v) is 3.92.